The summed E-state index contributed by atoms with van der Waals surface area (Å²) in [5.41, 5.74) is 0. The van der Waals surface area contributed by atoms with Crippen molar-refractivity contribution in [1.82, 2.24) is 4.90 Å². The van der Waals surface area contributed by atoms with E-state index in [1.54, 1.807) is 4.90 Å². The van der Waals surface area contributed by atoms with E-state index in [9.17, 15) is 9.90 Å². The molecule has 0 aliphatic carbocycles. The van der Waals surface area contributed by atoms with Crippen LogP contribution in [-0.4, -0.2) is 41.7 Å². The van der Waals surface area contributed by atoms with Gasteiger partial charge >= 0.3 is 0 Å². The predicted molar refractivity (Wildman–Crippen MR) is 76.1 cm³/mol. The molecule has 0 radical (unpaired) electrons. The zero-order chi connectivity index (χ0) is 13.7. The number of likely N-dealkylation sites (tertiary alicyclic amines) is 1. The highest BCUT2D eigenvalue weighted by molar-refractivity contribution is 9.10. The van der Waals surface area contributed by atoms with E-state index >= 15 is 0 Å². The quantitative estimate of drug-likeness (QED) is 0.922. The van der Waals surface area contributed by atoms with Gasteiger partial charge in [0.1, 0.15) is 5.75 Å². The molecule has 104 valence electrons. The number of benzene rings is 1. The van der Waals surface area contributed by atoms with Crippen LogP contribution in [0.5, 0.6) is 5.75 Å². The van der Waals surface area contributed by atoms with E-state index < -0.39 is 0 Å². The molecule has 1 fully saturated rings. The minimum absolute atomic E-state index is 0.0208. The smallest absolute Gasteiger partial charge is 0.260 e. The van der Waals surface area contributed by atoms with Crippen LogP contribution in [0.25, 0.3) is 0 Å². The molecule has 1 N–H and O–H groups in total. The average Bonchev–Trinajstić information content (AvgIpc) is 2.45. The van der Waals surface area contributed by atoms with Crippen molar-refractivity contribution in [3.05, 3.63) is 28.7 Å². The molecule has 0 spiro atoms. The van der Waals surface area contributed by atoms with Gasteiger partial charge in [-0.05, 0) is 37.5 Å². The van der Waals surface area contributed by atoms with Crippen molar-refractivity contribution in [2.75, 3.05) is 19.8 Å². The molecule has 5 heteroatoms. The molecule has 2 rings (SSSR count). The minimum atomic E-state index is -0.0567. The standard InChI is InChI=1S/C14H18BrNO3/c15-11-4-3-6-13(8-11)19-10-14(18)16-7-2-1-5-12(16)9-17/h3-4,6,8,12,17H,1-2,5,7,9-10H2. The van der Waals surface area contributed by atoms with Crippen molar-refractivity contribution >= 4 is 21.8 Å². The normalized spacial score (nSPS) is 19.3. The van der Waals surface area contributed by atoms with Crippen LogP contribution in [0.2, 0.25) is 0 Å². The van der Waals surface area contributed by atoms with Crippen molar-refractivity contribution in [1.29, 1.82) is 0 Å². The lowest BCUT2D eigenvalue weighted by Gasteiger charge is -2.34. The average molecular weight is 328 g/mol. The van der Waals surface area contributed by atoms with Crippen molar-refractivity contribution in [3.63, 3.8) is 0 Å². The number of carbonyl (C=O) groups is 1. The fourth-order valence-electron chi connectivity index (χ4n) is 2.30. The van der Waals surface area contributed by atoms with Crippen LogP contribution in [0.1, 0.15) is 19.3 Å². The van der Waals surface area contributed by atoms with Crippen LogP contribution in [0.15, 0.2) is 28.7 Å². The maximum Gasteiger partial charge on any atom is 0.260 e. The number of hydrogen-bond acceptors (Lipinski definition) is 3. The van der Waals surface area contributed by atoms with Crippen molar-refractivity contribution in [2.24, 2.45) is 0 Å². The Morgan fingerprint density at radius 3 is 3.05 bits per heavy atom. The molecule has 1 heterocycles. The number of aliphatic hydroxyl groups is 1. The molecule has 1 aromatic rings. The molecule has 1 aliphatic heterocycles. The first-order chi connectivity index (χ1) is 9.20. The number of aliphatic hydroxyl groups excluding tert-OH is 1. The molecule has 4 nitrogen and oxygen atoms in total. The highest BCUT2D eigenvalue weighted by Gasteiger charge is 2.26. The van der Waals surface area contributed by atoms with E-state index in [1.165, 1.54) is 0 Å². The fraction of sp³-hybridized carbons (Fsp3) is 0.500. The van der Waals surface area contributed by atoms with Gasteiger partial charge in [0.2, 0.25) is 0 Å². The van der Waals surface area contributed by atoms with Gasteiger partial charge < -0.3 is 14.7 Å². The third-order valence-electron chi connectivity index (χ3n) is 3.32. The molecule has 1 aromatic carbocycles. The number of hydrogen-bond donors (Lipinski definition) is 1. The Morgan fingerprint density at radius 2 is 2.32 bits per heavy atom. The number of piperidine rings is 1. The molecular weight excluding hydrogens is 310 g/mol. The van der Waals surface area contributed by atoms with Gasteiger partial charge in [0.25, 0.3) is 5.91 Å². The fourth-order valence-corrected chi connectivity index (χ4v) is 2.68. The third kappa shape index (κ3) is 3.94. The first-order valence-corrected chi connectivity index (χ1v) is 7.28. The van der Waals surface area contributed by atoms with Crippen LogP contribution in [0.3, 0.4) is 0 Å². The van der Waals surface area contributed by atoms with Crippen LogP contribution in [0, 0.1) is 0 Å². The number of nitrogens with zero attached hydrogens (tertiary/aromatic N) is 1. The Hall–Kier alpha value is -1.07. The van der Waals surface area contributed by atoms with Gasteiger partial charge in [-0.25, -0.2) is 0 Å². The molecular formula is C14H18BrNO3. The zero-order valence-corrected chi connectivity index (χ0v) is 12.3. The molecule has 1 atom stereocenters. The van der Waals surface area contributed by atoms with Gasteiger partial charge in [0, 0.05) is 11.0 Å². The Labute approximate surface area is 121 Å². The summed E-state index contributed by atoms with van der Waals surface area (Å²) in [6.07, 6.45) is 2.94. The Morgan fingerprint density at radius 1 is 1.47 bits per heavy atom. The van der Waals surface area contributed by atoms with Crippen LogP contribution in [-0.2, 0) is 4.79 Å². The van der Waals surface area contributed by atoms with Crippen molar-refractivity contribution < 1.29 is 14.6 Å². The second kappa shape index (κ2) is 6.91. The second-order valence-corrected chi connectivity index (χ2v) is 5.58. The summed E-state index contributed by atoms with van der Waals surface area (Å²) in [4.78, 5) is 13.8. The molecule has 1 aliphatic rings. The Kier molecular flexibility index (Phi) is 5.22. The summed E-state index contributed by atoms with van der Waals surface area (Å²) >= 11 is 3.36. The van der Waals surface area contributed by atoms with Gasteiger partial charge in [-0.15, -0.1) is 0 Å². The summed E-state index contributed by atoms with van der Waals surface area (Å²) in [6.45, 7) is 0.765. The minimum Gasteiger partial charge on any atom is -0.484 e. The van der Waals surface area contributed by atoms with E-state index in [2.05, 4.69) is 15.9 Å². The zero-order valence-electron chi connectivity index (χ0n) is 10.7. The summed E-state index contributed by atoms with van der Waals surface area (Å²) in [5, 5.41) is 9.29. The van der Waals surface area contributed by atoms with E-state index in [0.29, 0.717) is 12.3 Å². The van der Waals surface area contributed by atoms with Gasteiger partial charge in [0.05, 0.1) is 12.6 Å². The maximum absolute atomic E-state index is 12.1. The third-order valence-corrected chi connectivity index (χ3v) is 3.81. The molecule has 0 aromatic heterocycles. The molecule has 1 amide bonds. The highest BCUT2D eigenvalue weighted by atomic mass is 79.9. The summed E-state index contributed by atoms with van der Waals surface area (Å²) in [5.74, 6) is 0.610. The second-order valence-electron chi connectivity index (χ2n) is 4.67. The lowest BCUT2D eigenvalue weighted by atomic mass is 10.0. The van der Waals surface area contributed by atoms with E-state index in [1.807, 2.05) is 24.3 Å². The van der Waals surface area contributed by atoms with Crippen LogP contribution >= 0.6 is 15.9 Å². The number of carbonyl (C=O) groups excluding carboxylic acids is 1. The highest BCUT2D eigenvalue weighted by Crippen LogP contribution is 2.19. The number of halogens is 1. The van der Waals surface area contributed by atoms with E-state index in [0.717, 1.165) is 23.7 Å². The monoisotopic (exact) mass is 327 g/mol. The topological polar surface area (TPSA) is 49.8 Å². The van der Waals surface area contributed by atoms with Crippen LogP contribution < -0.4 is 4.74 Å². The predicted octanol–water partition coefficient (Wildman–Crippen LogP) is 2.20. The first kappa shape index (κ1) is 14.3. The van der Waals surface area contributed by atoms with E-state index in [-0.39, 0.29) is 25.2 Å². The van der Waals surface area contributed by atoms with Crippen LogP contribution in [0.4, 0.5) is 0 Å². The Bertz CT molecular complexity index is 438. The van der Waals surface area contributed by atoms with E-state index in [4.69, 9.17) is 4.74 Å². The lowest BCUT2D eigenvalue weighted by Crippen LogP contribution is -2.47. The maximum atomic E-state index is 12.1. The summed E-state index contributed by atoms with van der Waals surface area (Å²) < 4.78 is 6.41. The van der Waals surface area contributed by atoms with Crippen molar-refractivity contribution in [3.8, 4) is 5.75 Å². The Balaban J connectivity index is 1.89. The molecule has 0 saturated carbocycles. The molecule has 1 saturated heterocycles. The number of amides is 1. The molecule has 1 unspecified atom stereocenters. The number of ether oxygens (including phenoxy) is 1. The largest absolute Gasteiger partial charge is 0.484 e. The first-order valence-electron chi connectivity index (χ1n) is 6.49. The summed E-state index contributed by atoms with van der Waals surface area (Å²) in [7, 11) is 0. The SMILES string of the molecule is O=C(COc1cccc(Br)c1)N1CCCCC1CO. The van der Waals surface area contributed by atoms with Gasteiger partial charge in [-0.2, -0.15) is 0 Å². The molecule has 0 bridgehead atoms. The van der Waals surface area contributed by atoms with Crippen molar-refractivity contribution in [2.45, 2.75) is 25.3 Å². The van der Waals surface area contributed by atoms with Gasteiger partial charge in [-0.1, -0.05) is 22.0 Å². The van der Waals surface area contributed by atoms with Gasteiger partial charge in [-0.3, -0.25) is 4.79 Å². The van der Waals surface area contributed by atoms with Gasteiger partial charge in [0.15, 0.2) is 6.61 Å². The lowest BCUT2D eigenvalue weighted by molar-refractivity contribution is -0.138. The molecule has 19 heavy (non-hydrogen) atoms. The number of rotatable bonds is 4. The summed E-state index contributed by atoms with van der Waals surface area (Å²) in [6, 6.07) is 7.36.